The molecule has 10 heteroatoms. The van der Waals surface area contributed by atoms with Gasteiger partial charge in [0.1, 0.15) is 12.4 Å². The molecule has 9 nitrogen and oxygen atoms in total. The summed E-state index contributed by atoms with van der Waals surface area (Å²) in [6.45, 7) is 6.12. The van der Waals surface area contributed by atoms with E-state index in [0.717, 1.165) is 85.0 Å². The van der Waals surface area contributed by atoms with E-state index in [1.165, 1.54) is 18.4 Å². The number of pyridine rings is 1. The zero-order valence-electron chi connectivity index (χ0n) is 23.4. The first-order chi connectivity index (χ1) is 20.0. The van der Waals surface area contributed by atoms with Gasteiger partial charge < -0.3 is 18.8 Å². The Balaban J connectivity index is 1.10. The van der Waals surface area contributed by atoms with Gasteiger partial charge in [0.15, 0.2) is 5.78 Å². The number of Topliss-reactive ketones (excluding diaryl/α,β-unsaturated/α-hetero) is 1. The number of carbonyl (C=O) groups is 2. The van der Waals surface area contributed by atoms with Gasteiger partial charge in [0.05, 0.1) is 42.9 Å². The molecule has 2 fully saturated rings. The number of aromatic nitrogens is 3. The Kier molecular flexibility index (Phi) is 8.13. The molecule has 41 heavy (non-hydrogen) atoms. The van der Waals surface area contributed by atoms with Gasteiger partial charge in [-0.2, -0.15) is 0 Å². The van der Waals surface area contributed by atoms with E-state index < -0.39 is 0 Å². The van der Waals surface area contributed by atoms with Crippen molar-refractivity contribution in [2.75, 3.05) is 26.8 Å². The lowest BCUT2D eigenvalue weighted by molar-refractivity contribution is -0.0592. The second kappa shape index (κ2) is 12.1. The van der Waals surface area contributed by atoms with Crippen LogP contribution >= 0.6 is 11.3 Å². The fraction of sp³-hybridized carbons (Fsp3) is 0.419. The molecular weight excluding hydrogens is 540 g/mol. The van der Waals surface area contributed by atoms with Gasteiger partial charge in [0, 0.05) is 40.1 Å². The number of ether oxygens (including phenoxy) is 3. The summed E-state index contributed by atoms with van der Waals surface area (Å²) in [7, 11) is 1.40. The first-order valence-corrected chi connectivity index (χ1v) is 14.9. The van der Waals surface area contributed by atoms with Crippen molar-refractivity contribution in [3.05, 3.63) is 75.4 Å². The van der Waals surface area contributed by atoms with Crippen molar-refractivity contribution in [3.8, 4) is 5.88 Å². The highest BCUT2D eigenvalue weighted by molar-refractivity contribution is 7.10. The molecule has 2 aliphatic heterocycles. The molecule has 0 radical (unpaired) electrons. The first-order valence-electron chi connectivity index (χ1n) is 14.1. The Hall–Kier alpha value is -3.60. The fourth-order valence-electron chi connectivity index (χ4n) is 5.49. The summed E-state index contributed by atoms with van der Waals surface area (Å²) in [6, 6.07) is 13.4. The van der Waals surface area contributed by atoms with Crippen LogP contribution in [0.4, 0.5) is 0 Å². The molecule has 1 atom stereocenters. The monoisotopic (exact) mass is 574 g/mol. The Morgan fingerprint density at radius 3 is 2.61 bits per heavy atom. The van der Waals surface area contributed by atoms with Crippen molar-refractivity contribution < 1.29 is 23.8 Å². The zero-order chi connectivity index (χ0) is 28.3. The summed E-state index contributed by atoms with van der Waals surface area (Å²) in [5.74, 6) is 1.69. The summed E-state index contributed by atoms with van der Waals surface area (Å²) in [5, 5.41) is 1.87. The SMILES string of the molecule is COC(=O)c1ccc2nc(CN3CCC(c4cccc(OCc5cc(C(C)=O)cs5)n4)CC3)n(C[C@@H]3CCO3)c2c1. The maximum Gasteiger partial charge on any atom is 0.337 e. The van der Waals surface area contributed by atoms with Gasteiger partial charge in [-0.1, -0.05) is 6.07 Å². The van der Waals surface area contributed by atoms with Crippen LogP contribution in [0.3, 0.4) is 0 Å². The van der Waals surface area contributed by atoms with Crippen LogP contribution in [0.25, 0.3) is 11.0 Å². The van der Waals surface area contributed by atoms with Gasteiger partial charge in [-0.05, 0) is 69.6 Å². The maximum atomic E-state index is 12.2. The number of fused-ring (bicyclic) bond motifs is 1. The molecule has 1 aromatic carbocycles. The summed E-state index contributed by atoms with van der Waals surface area (Å²) in [5.41, 5.74) is 4.12. The van der Waals surface area contributed by atoms with E-state index in [0.29, 0.717) is 24.0 Å². The maximum absolute atomic E-state index is 12.2. The molecule has 6 rings (SSSR count). The lowest BCUT2D eigenvalue weighted by Gasteiger charge is -2.32. The minimum absolute atomic E-state index is 0.0660. The highest BCUT2D eigenvalue weighted by atomic mass is 32.1. The molecule has 2 saturated heterocycles. The number of piperidine rings is 1. The van der Waals surface area contributed by atoms with Crippen molar-refractivity contribution >= 4 is 34.1 Å². The van der Waals surface area contributed by atoms with Gasteiger partial charge in [-0.25, -0.2) is 14.8 Å². The number of likely N-dealkylation sites (tertiary alicyclic amines) is 1. The first kappa shape index (κ1) is 27.6. The molecule has 0 unspecified atom stereocenters. The summed E-state index contributed by atoms with van der Waals surface area (Å²) < 4.78 is 18.9. The molecule has 2 aliphatic rings. The van der Waals surface area contributed by atoms with Crippen LogP contribution in [-0.4, -0.2) is 64.1 Å². The summed E-state index contributed by atoms with van der Waals surface area (Å²) in [6.07, 6.45) is 3.21. The third-order valence-corrected chi connectivity index (χ3v) is 8.88. The quantitative estimate of drug-likeness (QED) is 0.188. The number of imidazole rings is 1. The zero-order valence-corrected chi connectivity index (χ0v) is 24.2. The van der Waals surface area contributed by atoms with Gasteiger partial charge in [-0.3, -0.25) is 9.69 Å². The van der Waals surface area contributed by atoms with Gasteiger partial charge in [0.2, 0.25) is 5.88 Å². The Bertz CT molecular complexity index is 1550. The van der Waals surface area contributed by atoms with Crippen LogP contribution in [0, 0.1) is 0 Å². The smallest absolute Gasteiger partial charge is 0.337 e. The number of thiophene rings is 1. The van der Waals surface area contributed by atoms with Gasteiger partial charge >= 0.3 is 5.97 Å². The molecule has 214 valence electrons. The van der Waals surface area contributed by atoms with Crippen LogP contribution in [-0.2, 0) is 29.2 Å². The third kappa shape index (κ3) is 6.19. The molecule has 0 N–H and O–H groups in total. The van der Waals surface area contributed by atoms with E-state index in [-0.39, 0.29) is 17.9 Å². The minimum Gasteiger partial charge on any atom is -0.472 e. The fourth-order valence-corrected chi connectivity index (χ4v) is 6.32. The van der Waals surface area contributed by atoms with E-state index in [1.54, 1.807) is 13.0 Å². The predicted octanol–water partition coefficient (Wildman–Crippen LogP) is 5.23. The summed E-state index contributed by atoms with van der Waals surface area (Å²) >= 11 is 1.53. The molecule has 0 amide bonds. The second-order valence-electron chi connectivity index (χ2n) is 10.7. The highest BCUT2D eigenvalue weighted by Gasteiger charge is 2.26. The van der Waals surface area contributed by atoms with Crippen molar-refractivity contribution in [1.82, 2.24) is 19.4 Å². The van der Waals surface area contributed by atoms with Gasteiger partial charge in [-0.15, -0.1) is 11.3 Å². The van der Waals surface area contributed by atoms with Crippen LogP contribution in [0.1, 0.15) is 69.2 Å². The van der Waals surface area contributed by atoms with Crippen molar-refractivity contribution in [2.45, 2.75) is 57.9 Å². The van der Waals surface area contributed by atoms with Crippen LogP contribution in [0.2, 0.25) is 0 Å². The molecule has 0 spiro atoms. The normalized spacial score (nSPS) is 17.9. The van der Waals surface area contributed by atoms with Crippen LogP contribution < -0.4 is 4.74 Å². The lowest BCUT2D eigenvalue weighted by Crippen LogP contribution is -2.35. The van der Waals surface area contributed by atoms with Crippen LogP contribution in [0.15, 0.2) is 47.8 Å². The van der Waals surface area contributed by atoms with Crippen molar-refractivity contribution in [1.29, 1.82) is 0 Å². The average Bonchev–Trinajstić information content (AvgIpc) is 3.58. The van der Waals surface area contributed by atoms with Crippen molar-refractivity contribution in [3.63, 3.8) is 0 Å². The Morgan fingerprint density at radius 1 is 1.07 bits per heavy atom. The number of methoxy groups -OCH3 is 1. The standard InChI is InChI=1S/C31H34N4O5S/c1-20(36)23-14-25(41-19-23)18-40-30-5-3-4-26(33-30)21-8-11-34(12-9-21)17-29-32-27-7-6-22(31(37)38-2)15-28(27)35(29)16-24-10-13-39-24/h3-7,14-15,19,21,24H,8-13,16-18H2,1-2H3/t24-/m0/s1. The van der Waals surface area contributed by atoms with E-state index in [1.807, 2.05) is 35.7 Å². The molecule has 0 saturated carbocycles. The van der Waals surface area contributed by atoms with Crippen LogP contribution in [0.5, 0.6) is 5.88 Å². The lowest BCUT2D eigenvalue weighted by atomic mass is 9.93. The van der Waals surface area contributed by atoms with E-state index in [2.05, 4.69) is 15.5 Å². The number of rotatable bonds is 10. The number of nitrogens with zero attached hydrogens (tertiary/aromatic N) is 4. The molecule has 3 aromatic heterocycles. The molecule has 4 aromatic rings. The number of esters is 1. The number of carbonyl (C=O) groups excluding carboxylic acids is 2. The Labute approximate surface area is 243 Å². The topological polar surface area (TPSA) is 95.8 Å². The van der Waals surface area contributed by atoms with Gasteiger partial charge in [0.25, 0.3) is 0 Å². The van der Waals surface area contributed by atoms with E-state index >= 15 is 0 Å². The molecule has 0 aliphatic carbocycles. The minimum atomic E-state index is -0.347. The number of hydrogen-bond acceptors (Lipinski definition) is 9. The van der Waals surface area contributed by atoms with E-state index in [9.17, 15) is 9.59 Å². The van der Waals surface area contributed by atoms with Crippen molar-refractivity contribution in [2.24, 2.45) is 0 Å². The molecular formula is C31H34N4O5S. The molecule has 0 bridgehead atoms. The predicted molar refractivity (Wildman–Crippen MR) is 156 cm³/mol. The van der Waals surface area contributed by atoms with E-state index in [4.69, 9.17) is 24.2 Å². The Morgan fingerprint density at radius 2 is 1.90 bits per heavy atom. The summed E-state index contributed by atoms with van der Waals surface area (Å²) in [4.78, 5) is 37.0. The third-order valence-electron chi connectivity index (χ3n) is 7.97. The molecule has 5 heterocycles. The number of hydrogen-bond donors (Lipinski definition) is 0. The number of ketones is 1. The second-order valence-corrected chi connectivity index (χ2v) is 11.7. The largest absolute Gasteiger partial charge is 0.472 e. The average molecular weight is 575 g/mol. The highest BCUT2D eigenvalue weighted by Crippen LogP contribution is 2.30. The number of benzene rings is 1.